The van der Waals surface area contributed by atoms with E-state index < -0.39 is 0 Å². The minimum atomic E-state index is 0.435. The molecule has 0 amide bonds. The van der Waals surface area contributed by atoms with Gasteiger partial charge in [-0.3, -0.25) is 4.90 Å². The first-order chi connectivity index (χ1) is 9.26. The third kappa shape index (κ3) is 2.99. The number of aryl methyl sites for hydroxylation is 1. The molecule has 2 saturated heterocycles. The lowest BCUT2D eigenvalue weighted by Crippen LogP contribution is -2.32. The molecule has 0 unspecified atom stereocenters. The van der Waals surface area contributed by atoms with E-state index in [1.165, 1.54) is 23.7 Å². The van der Waals surface area contributed by atoms with Crippen LogP contribution in [-0.2, 0) is 11.3 Å². The van der Waals surface area contributed by atoms with Crippen LogP contribution < -0.4 is 0 Å². The molecule has 0 spiro atoms. The van der Waals surface area contributed by atoms with Gasteiger partial charge >= 0.3 is 0 Å². The average molecular weight is 281 g/mol. The standard InChI is InChI=1S/C14H23N3OS/c1-3-16-4-5-18-13-8-17(7-12(13)6-16)9-14-11(2)15-10-19-14/h10,12-13H,3-9H2,1-2H3/t12-,13+/m1/s1. The number of hydrogen-bond acceptors (Lipinski definition) is 5. The third-order valence-corrected chi connectivity index (χ3v) is 5.27. The molecule has 2 fully saturated rings. The lowest BCUT2D eigenvalue weighted by atomic mass is 10.1. The zero-order valence-electron chi connectivity index (χ0n) is 11.8. The SMILES string of the molecule is CCN1CCO[C@H]2CN(Cc3scnc3C)C[C@H]2C1. The van der Waals surface area contributed by atoms with Gasteiger partial charge in [-0.05, 0) is 13.5 Å². The maximum absolute atomic E-state index is 6.04. The van der Waals surface area contributed by atoms with Crippen LogP contribution in [0, 0.1) is 12.8 Å². The maximum atomic E-state index is 6.04. The summed E-state index contributed by atoms with van der Waals surface area (Å²) in [4.78, 5) is 10.8. The molecule has 0 aromatic carbocycles. The highest BCUT2D eigenvalue weighted by molar-refractivity contribution is 7.09. The van der Waals surface area contributed by atoms with Gasteiger partial charge in [0.2, 0.25) is 0 Å². The Morgan fingerprint density at radius 1 is 1.37 bits per heavy atom. The summed E-state index contributed by atoms with van der Waals surface area (Å²) < 4.78 is 6.04. The van der Waals surface area contributed by atoms with E-state index in [-0.39, 0.29) is 0 Å². The highest BCUT2D eigenvalue weighted by atomic mass is 32.1. The van der Waals surface area contributed by atoms with Crippen molar-refractivity contribution in [3.05, 3.63) is 16.1 Å². The van der Waals surface area contributed by atoms with Crippen LogP contribution in [0.25, 0.3) is 0 Å². The molecular weight excluding hydrogens is 258 g/mol. The normalized spacial score (nSPS) is 29.4. The Morgan fingerprint density at radius 3 is 2.95 bits per heavy atom. The van der Waals surface area contributed by atoms with Gasteiger partial charge in [0.05, 0.1) is 23.9 Å². The molecule has 1 aromatic heterocycles. The van der Waals surface area contributed by atoms with Gasteiger partial charge < -0.3 is 9.64 Å². The van der Waals surface area contributed by atoms with Crippen molar-refractivity contribution in [1.29, 1.82) is 0 Å². The lowest BCUT2D eigenvalue weighted by molar-refractivity contribution is 0.0512. The Labute approximate surface area is 119 Å². The lowest BCUT2D eigenvalue weighted by Gasteiger charge is -2.21. The van der Waals surface area contributed by atoms with Gasteiger partial charge in [-0.2, -0.15) is 0 Å². The molecule has 2 aliphatic rings. The van der Waals surface area contributed by atoms with Gasteiger partial charge in [0.25, 0.3) is 0 Å². The smallest absolute Gasteiger partial charge is 0.0798 e. The van der Waals surface area contributed by atoms with Gasteiger partial charge in [0.1, 0.15) is 0 Å². The van der Waals surface area contributed by atoms with Crippen LogP contribution in [0.4, 0.5) is 0 Å². The van der Waals surface area contributed by atoms with Crippen LogP contribution in [0.3, 0.4) is 0 Å². The summed E-state index contributed by atoms with van der Waals surface area (Å²) in [5.41, 5.74) is 3.14. The van der Waals surface area contributed by atoms with E-state index >= 15 is 0 Å². The molecule has 0 aliphatic carbocycles. The van der Waals surface area contributed by atoms with E-state index in [0.717, 1.165) is 32.8 Å². The van der Waals surface area contributed by atoms with E-state index in [4.69, 9.17) is 4.74 Å². The van der Waals surface area contributed by atoms with Crippen LogP contribution >= 0.6 is 11.3 Å². The van der Waals surface area contributed by atoms with Crippen molar-refractivity contribution < 1.29 is 4.74 Å². The second kappa shape index (κ2) is 5.87. The zero-order valence-corrected chi connectivity index (χ0v) is 12.7. The van der Waals surface area contributed by atoms with Crippen molar-refractivity contribution in [2.75, 3.05) is 39.3 Å². The molecule has 106 valence electrons. The monoisotopic (exact) mass is 281 g/mol. The molecule has 3 heterocycles. The van der Waals surface area contributed by atoms with Crippen LogP contribution in [-0.4, -0.2) is 60.2 Å². The summed E-state index contributed by atoms with van der Waals surface area (Å²) in [6.45, 7) is 12.0. The van der Waals surface area contributed by atoms with Crippen LogP contribution in [0.5, 0.6) is 0 Å². The van der Waals surface area contributed by atoms with Crippen molar-refractivity contribution in [3.8, 4) is 0 Å². The predicted octanol–water partition coefficient (Wildman–Crippen LogP) is 1.60. The molecule has 0 radical (unpaired) electrons. The van der Waals surface area contributed by atoms with E-state index in [2.05, 4.69) is 28.6 Å². The predicted molar refractivity (Wildman–Crippen MR) is 77.5 cm³/mol. The fourth-order valence-corrected chi connectivity index (χ4v) is 3.96. The van der Waals surface area contributed by atoms with Crippen molar-refractivity contribution in [2.45, 2.75) is 26.5 Å². The first-order valence-electron chi connectivity index (χ1n) is 7.21. The van der Waals surface area contributed by atoms with Crippen LogP contribution in [0.1, 0.15) is 17.5 Å². The number of ether oxygens (including phenoxy) is 1. The molecule has 0 N–H and O–H groups in total. The number of rotatable bonds is 3. The van der Waals surface area contributed by atoms with Gasteiger partial charge in [0.15, 0.2) is 0 Å². The summed E-state index contributed by atoms with van der Waals surface area (Å²) in [6, 6.07) is 0. The molecule has 19 heavy (non-hydrogen) atoms. The minimum Gasteiger partial charge on any atom is -0.375 e. The molecule has 4 nitrogen and oxygen atoms in total. The number of thiazole rings is 1. The van der Waals surface area contributed by atoms with E-state index in [1.54, 1.807) is 11.3 Å². The Hall–Kier alpha value is -0.490. The largest absolute Gasteiger partial charge is 0.375 e. The highest BCUT2D eigenvalue weighted by Gasteiger charge is 2.36. The topological polar surface area (TPSA) is 28.6 Å². The van der Waals surface area contributed by atoms with Crippen molar-refractivity contribution in [1.82, 2.24) is 14.8 Å². The van der Waals surface area contributed by atoms with Gasteiger partial charge in [0, 0.05) is 43.5 Å². The number of likely N-dealkylation sites (tertiary alicyclic amines) is 1. The number of fused-ring (bicyclic) bond motifs is 1. The van der Waals surface area contributed by atoms with E-state index in [1.807, 2.05) is 5.51 Å². The number of nitrogens with zero attached hydrogens (tertiary/aromatic N) is 3. The van der Waals surface area contributed by atoms with Crippen molar-refractivity contribution in [3.63, 3.8) is 0 Å². The Balaban J connectivity index is 1.61. The molecule has 0 bridgehead atoms. The Morgan fingerprint density at radius 2 is 2.21 bits per heavy atom. The number of likely N-dealkylation sites (N-methyl/N-ethyl adjacent to an activating group) is 1. The summed E-state index contributed by atoms with van der Waals surface area (Å²) in [5, 5.41) is 0. The summed E-state index contributed by atoms with van der Waals surface area (Å²) in [5.74, 6) is 0.677. The van der Waals surface area contributed by atoms with E-state index in [0.29, 0.717) is 12.0 Å². The first kappa shape index (κ1) is 13.5. The molecular formula is C14H23N3OS. The average Bonchev–Trinajstić information content (AvgIpc) is 2.91. The molecule has 5 heteroatoms. The fourth-order valence-electron chi connectivity index (χ4n) is 3.14. The van der Waals surface area contributed by atoms with Gasteiger partial charge in [-0.1, -0.05) is 6.92 Å². The molecule has 2 atom stereocenters. The number of hydrogen-bond donors (Lipinski definition) is 0. The Kier molecular flexibility index (Phi) is 4.17. The zero-order chi connectivity index (χ0) is 13.2. The third-order valence-electron chi connectivity index (χ3n) is 4.35. The molecule has 2 aliphatic heterocycles. The van der Waals surface area contributed by atoms with Crippen LogP contribution in [0.15, 0.2) is 5.51 Å². The fraction of sp³-hybridized carbons (Fsp3) is 0.786. The quantitative estimate of drug-likeness (QED) is 0.841. The second-order valence-electron chi connectivity index (χ2n) is 5.62. The highest BCUT2D eigenvalue weighted by Crippen LogP contribution is 2.26. The van der Waals surface area contributed by atoms with Crippen molar-refractivity contribution in [2.24, 2.45) is 5.92 Å². The molecule has 1 aromatic rings. The Bertz CT molecular complexity index is 423. The summed E-state index contributed by atoms with van der Waals surface area (Å²) in [7, 11) is 0. The van der Waals surface area contributed by atoms with Crippen molar-refractivity contribution >= 4 is 11.3 Å². The van der Waals surface area contributed by atoms with Gasteiger partial charge in [-0.15, -0.1) is 11.3 Å². The molecule has 3 rings (SSSR count). The maximum Gasteiger partial charge on any atom is 0.0798 e. The van der Waals surface area contributed by atoms with Gasteiger partial charge in [-0.25, -0.2) is 4.98 Å². The van der Waals surface area contributed by atoms with E-state index in [9.17, 15) is 0 Å². The second-order valence-corrected chi connectivity index (χ2v) is 6.56. The minimum absolute atomic E-state index is 0.435. The molecule has 0 saturated carbocycles. The number of aromatic nitrogens is 1. The summed E-state index contributed by atoms with van der Waals surface area (Å²) in [6.07, 6.45) is 0.435. The summed E-state index contributed by atoms with van der Waals surface area (Å²) >= 11 is 1.77. The first-order valence-corrected chi connectivity index (χ1v) is 8.09. The van der Waals surface area contributed by atoms with Crippen LogP contribution in [0.2, 0.25) is 0 Å².